The molecule has 1 saturated carbocycles. The number of anilines is 1. The van der Waals surface area contributed by atoms with Crippen LogP contribution in [0.5, 0.6) is 0 Å². The lowest BCUT2D eigenvalue weighted by Gasteiger charge is -2.37. The zero-order valence-electron chi connectivity index (χ0n) is 15.8. The third-order valence-corrected chi connectivity index (χ3v) is 5.54. The second-order valence-electron chi connectivity index (χ2n) is 7.73. The summed E-state index contributed by atoms with van der Waals surface area (Å²) in [4.78, 5) is 24.9. The zero-order chi connectivity index (χ0) is 18.6. The number of carbonyl (C=O) groups is 2. The Morgan fingerprint density at radius 2 is 1.78 bits per heavy atom. The average Bonchev–Trinajstić information content (AvgIpc) is 2.62. The highest BCUT2D eigenvalue weighted by Gasteiger charge is 2.37. The Balaban J connectivity index is 0.00000261. The standard InChI is InChI=1S/C20H29N3O3.ClH/c1-20(21)11-3-2-4-17(20)19(25)23-15-7-5-14(6-8-15)18(24)22-16-9-12-26-13-10-16;/h5-8,16-17H,2-4,9-13,21H2,1H3,(H,22,24)(H,23,25);1H. The topological polar surface area (TPSA) is 93.5 Å². The molecular formula is C20H30ClN3O3. The Labute approximate surface area is 167 Å². The number of carbonyl (C=O) groups excluding carboxylic acids is 2. The molecule has 150 valence electrons. The molecule has 2 amide bonds. The Kier molecular flexibility index (Phi) is 7.65. The average molecular weight is 396 g/mol. The maximum absolute atomic E-state index is 12.6. The molecule has 0 aromatic heterocycles. The van der Waals surface area contributed by atoms with Gasteiger partial charge in [-0.2, -0.15) is 0 Å². The highest BCUT2D eigenvalue weighted by molar-refractivity contribution is 5.96. The molecule has 4 N–H and O–H groups in total. The number of nitrogens with one attached hydrogen (secondary N) is 2. The van der Waals surface area contributed by atoms with Gasteiger partial charge in [0.25, 0.3) is 5.91 Å². The van der Waals surface area contributed by atoms with Gasteiger partial charge in [0.2, 0.25) is 5.91 Å². The summed E-state index contributed by atoms with van der Waals surface area (Å²) >= 11 is 0. The zero-order valence-corrected chi connectivity index (χ0v) is 16.6. The maximum Gasteiger partial charge on any atom is 0.251 e. The van der Waals surface area contributed by atoms with Gasteiger partial charge in [0.05, 0.1) is 5.92 Å². The predicted molar refractivity (Wildman–Crippen MR) is 108 cm³/mol. The first-order valence-corrected chi connectivity index (χ1v) is 9.54. The van der Waals surface area contributed by atoms with Gasteiger partial charge >= 0.3 is 0 Å². The van der Waals surface area contributed by atoms with Crippen LogP contribution in [0.25, 0.3) is 0 Å². The van der Waals surface area contributed by atoms with Crippen LogP contribution in [-0.4, -0.2) is 36.6 Å². The van der Waals surface area contributed by atoms with E-state index < -0.39 is 5.54 Å². The van der Waals surface area contributed by atoms with Crippen LogP contribution in [0.4, 0.5) is 5.69 Å². The van der Waals surface area contributed by atoms with Gasteiger partial charge in [0.15, 0.2) is 0 Å². The molecule has 0 radical (unpaired) electrons. The highest BCUT2D eigenvalue weighted by atomic mass is 35.5. The molecular weight excluding hydrogens is 366 g/mol. The van der Waals surface area contributed by atoms with Crippen LogP contribution in [0.2, 0.25) is 0 Å². The van der Waals surface area contributed by atoms with Crippen molar-refractivity contribution in [3.63, 3.8) is 0 Å². The summed E-state index contributed by atoms with van der Waals surface area (Å²) < 4.78 is 5.30. The number of nitrogens with two attached hydrogens (primary N) is 1. The summed E-state index contributed by atoms with van der Waals surface area (Å²) in [6, 6.07) is 7.20. The summed E-state index contributed by atoms with van der Waals surface area (Å²) in [7, 11) is 0. The molecule has 2 fully saturated rings. The first-order chi connectivity index (χ1) is 12.5. The second kappa shape index (κ2) is 9.53. The summed E-state index contributed by atoms with van der Waals surface area (Å²) in [6.07, 6.45) is 5.50. The molecule has 1 aromatic rings. The summed E-state index contributed by atoms with van der Waals surface area (Å²) in [5, 5.41) is 5.98. The first kappa shape index (κ1) is 21.7. The number of benzene rings is 1. The Morgan fingerprint density at radius 3 is 2.41 bits per heavy atom. The number of amides is 2. The molecule has 7 heteroatoms. The van der Waals surface area contributed by atoms with E-state index in [9.17, 15) is 9.59 Å². The molecule has 1 aromatic carbocycles. The van der Waals surface area contributed by atoms with Crippen molar-refractivity contribution in [1.29, 1.82) is 0 Å². The van der Waals surface area contributed by atoms with Gasteiger partial charge < -0.3 is 21.1 Å². The van der Waals surface area contributed by atoms with Crippen molar-refractivity contribution in [3.8, 4) is 0 Å². The lowest BCUT2D eigenvalue weighted by atomic mass is 9.74. The molecule has 0 bridgehead atoms. The number of hydrogen-bond acceptors (Lipinski definition) is 4. The maximum atomic E-state index is 12.6. The van der Waals surface area contributed by atoms with Gasteiger partial charge in [0.1, 0.15) is 0 Å². The van der Waals surface area contributed by atoms with Crippen molar-refractivity contribution >= 4 is 29.9 Å². The third-order valence-electron chi connectivity index (χ3n) is 5.54. The van der Waals surface area contributed by atoms with E-state index in [4.69, 9.17) is 10.5 Å². The van der Waals surface area contributed by atoms with Crippen molar-refractivity contribution < 1.29 is 14.3 Å². The third kappa shape index (κ3) is 5.67. The fraction of sp³-hybridized carbons (Fsp3) is 0.600. The van der Waals surface area contributed by atoms with Crippen LogP contribution < -0.4 is 16.4 Å². The van der Waals surface area contributed by atoms with E-state index in [2.05, 4.69) is 10.6 Å². The monoisotopic (exact) mass is 395 g/mol. The van der Waals surface area contributed by atoms with Crippen LogP contribution in [-0.2, 0) is 9.53 Å². The summed E-state index contributed by atoms with van der Waals surface area (Å²) in [5.41, 5.74) is 7.14. The van der Waals surface area contributed by atoms with Crippen LogP contribution in [0, 0.1) is 5.92 Å². The Bertz CT molecular complexity index is 642. The quantitative estimate of drug-likeness (QED) is 0.730. The molecule has 2 aliphatic rings. The van der Waals surface area contributed by atoms with Gasteiger partial charge in [0, 0.05) is 36.0 Å². The van der Waals surface area contributed by atoms with E-state index >= 15 is 0 Å². The molecule has 2 atom stereocenters. The number of ether oxygens (including phenoxy) is 1. The van der Waals surface area contributed by atoms with E-state index in [1.807, 2.05) is 6.92 Å². The van der Waals surface area contributed by atoms with Crippen LogP contribution in [0.15, 0.2) is 24.3 Å². The molecule has 3 rings (SSSR count). The van der Waals surface area contributed by atoms with E-state index in [1.165, 1.54) is 0 Å². The van der Waals surface area contributed by atoms with Crippen molar-refractivity contribution in [2.45, 2.75) is 57.0 Å². The van der Waals surface area contributed by atoms with E-state index in [0.29, 0.717) is 24.5 Å². The van der Waals surface area contributed by atoms with Crippen molar-refractivity contribution in [3.05, 3.63) is 29.8 Å². The first-order valence-electron chi connectivity index (χ1n) is 9.54. The van der Waals surface area contributed by atoms with Gasteiger partial charge in [-0.05, 0) is 56.9 Å². The number of halogens is 1. The lowest BCUT2D eigenvalue weighted by molar-refractivity contribution is -0.122. The van der Waals surface area contributed by atoms with Gasteiger partial charge in [-0.25, -0.2) is 0 Å². The van der Waals surface area contributed by atoms with Crippen molar-refractivity contribution in [1.82, 2.24) is 5.32 Å². The minimum atomic E-state index is -0.453. The van der Waals surface area contributed by atoms with Crippen molar-refractivity contribution in [2.24, 2.45) is 11.7 Å². The van der Waals surface area contributed by atoms with Crippen molar-refractivity contribution in [2.75, 3.05) is 18.5 Å². The van der Waals surface area contributed by atoms with Gasteiger partial charge in [-0.15, -0.1) is 12.4 Å². The van der Waals surface area contributed by atoms with Gasteiger partial charge in [-0.1, -0.05) is 12.8 Å². The Hall–Kier alpha value is -1.63. The summed E-state index contributed by atoms with van der Waals surface area (Å²) in [5.74, 6) is -0.293. The van der Waals surface area contributed by atoms with Gasteiger partial charge in [-0.3, -0.25) is 9.59 Å². The minimum absolute atomic E-state index is 0. The molecule has 2 unspecified atom stereocenters. The largest absolute Gasteiger partial charge is 0.381 e. The van der Waals surface area contributed by atoms with E-state index in [0.717, 1.165) is 38.5 Å². The highest BCUT2D eigenvalue weighted by Crippen LogP contribution is 2.32. The molecule has 1 heterocycles. The molecule has 1 aliphatic heterocycles. The fourth-order valence-corrected chi connectivity index (χ4v) is 3.83. The normalized spacial score (nSPS) is 25.9. The number of rotatable bonds is 4. The predicted octanol–water partition coefficient (Wildman–Crippen LogP) is 2.86. The molecule has 1 aliphatic carbocycles. The van der Waals surface area contributed by atoms with Crippen LogP contribution in [0.1, 0.15) is 55.8 Å². The summed E-state index contributed by atoms with van der Waals surface area (Å²) in [6.45, 7) is 3.34. The van der Waals surface area contributed by atoms with Crippen LogP contribution in [0.3, 0.4) is 0 Å². The molecule has 1 saturated heterocycles. The van der Waals surface area contributed by atoms with E-state index in [1.54, 1.807) is 24.3 Å². The van der Waals surface area contributed by atoms with E-state index in [-0.39, 0.29) is 36.2 Å². The smallest absolute Gasteiger partial charge is 0.251 e. The van der Waals surface area contributed by atoms with Crippen LogP contribution >= 0.6 is 12.4 Å². The second-order valence-corrected chi connectivity index (χ2v) is 7.73. The number of hydrogen-bond donors (Lipinski definition) is 3. The fourth-order valence-electron chi connectivity index (χ4n) is 3.83. The lowest BCUT2D eigenvalue weighted by Crippen LogP contribution is -2.51. The molecule has 6 nitrogen and oxygen atoms in total. The Morgan fingerprint density at radius 1 is 1.11 bits per heavy atom. The minimum Gasteiger partial charge on any atom is -0.381 e. The molecule has 27 heavy (non-hydrogen) atoms. The SMILES string of the molecule is CC1(N)CCCCC1C(=O)Nc1ccc(C(=O)NC2CCOCC2)cc1.Cl. The molecule has 0 spiro atoms.